The van der Waals surface area contributed by atoms with Crippen LogP contribution in [0.3, 0.4) is 0 Å². The summed E-state index contributed by atoms with van der Waals surface area (Å²) in [5.74, 6) is -2.41. The molecule has 3 aliphatic rings. The molecule has 0 bridgehead atoms. The Labute approximate surface area is 376 Å². The van der Waals surface area contributed by atoms with Crippen molar-refractivity contribution in [2.75, 3.05) is 109 Å². The Hall–Kier alpha value is -5.37. The number of fused-ring (bicyclic) bond motifs is 1. The smallest absolute Gasteiger partial charge is 0.435 e. The number of benzene rings is 3. The van der Waals surface area contributed by atoms with E-state index >= 15 is 0 Å². The predicted molar refractivity (Wildman–Crippen MR) is 233 cm³/mol. The van der Waals surface area contributed by atoms with Gasteiger partial charge in [0.25, 0.3) is 11.8 Å². The molecule has 64 heavy (non-hydrogen) atoms. The van der Waals surface area contributed by atoms with Gasteiger partial charge < -0.3 is 53.1 Å². The normalized spacial score (nSPS) is 17.8. The van der Waals surface area contributed by atoms with Crippen LogP contribution in [0.1, 0.15) is 53.4 Å². The average molecular weight is 912 g/mol. The van der Waals surface area contributed by atoms with Crippen LogP contribution in [0.5, 0.6) is 0 Å². The topological polar surface area (TPSA) is 176 Å². The number of halogens is 2. The largest absolute Gasteiger partial charge is 0.511 e. The monoisotopic (exact) mass is 911 g/mol. The maximum atomic E-state index is 15.0. The summed E-state index contributed by atoms with van der Waals surface area (Å²) in [5.41, 5.74) is 3.46. The summed E-state index contributed by atoms with van der Waals surface area (Å²) in [4.78, 5) is 65.0. The van der Waals surface area contributed by atoms with Crippen molar-refractivity contribution < 1.29 is 61.6 Å². The van der Waals surface area contributed by atoms with Crippen LogP contribution in [-0.4, -0.2) is 151 Å². The number of ether oxygens (including phenoxy) is 7. The van der Waals surface area contributed by atoms with Crippen molar-refractivity contribution in [2.45, 2.75) is 45.1 Å². The van der Waals surface area contributed by atoms with Gasteiger partial charge in [-0.15, -0.1) is 0 Å². The average Bonchev–Trinajstić information content (AvgIpc) is 3.79. The van der Waals surface area contributed by atoms with E-state index in [2.05, 4.69) is 20.3 Å². The molecule has 3 aromatic carbocycles. The zero-order valence-electron chi connectivity index (χ0n) is 36.3. The number of carbonyl (C=O) groups excluding carboxylic acids is 4. The van der Waals surface area contributed by atoms with Gasteiger partial charge in [0.2, 0.25) is 12.4 Å². The summed E-state index contributed by atoms with van der Waals surface area (Å²) in [6.07, 6.45) is -2.84. The number of nitrogens with one attached hydrogen (secondary N) is 1. The molecule has 2 amide bonds. The number of esters is 1. The molecule has 1 saturated heterocycles. The highest BCUT2D eigenvalue weighted by Crippen LogP contribution is 2.38. The van der Waals surface area contributed by atoms with Crippen molar-refractivity contribution in [2.24, 2.45) is 5.16 Å². The van der Waals surface area contributed by atoms with Gasteiger partial charge in [0.05, 0.1) is 69.2 Å². The molecule has 3 atom stereocenters. The van der Waals surface area contributed by atoms with Gasteiger partial charge in [0, 0.05) is 76.7 Å². The van der Waals surface area contributed by atoms with E-state index in [1.165, 1.54) is 48.2 Å². The molecule has 0 saturated carbocycles. The summed E-state index contributed by atoms with van der Waals surface area (Å²) in [7, 11) is 1.63. The highest BCUT2D eigenvalue weighted by molar-refractivity contribution is 6.31. The Kier molecular flexibility index (Phi) is 18.1. The van der Waals surface area contributed by atoms with Crippen LogP contribution in [-0.2, 0) is 54.0 Å². The molecule has 17 nitrogen and oxygen atoms in total. The molecule has 1 N–H and O–H groups in total. The van der Waals surface area contributed by atoms with Gasteiger partial charge in [-0.1, -0.05) is 35.0 Å². The zero-order valence-corrected chi connectivity index (χ0v) is 37.0. The maximum absolute atomic E-state index is 15.0. The van der Waals surface area contributed by atoms with Crippen molar-refractivity contribution in [1.29, 1.82) is 0 Å². The third-order valence-corrected chi connectivity index (χ3v) is 11.1. The number of methoxy groups -OCH3 is 1. The fourth-order valence-electron chi connectivity index (χ4n) is 7.57. The van der Waals surface area contributed by atoms with Crippen LogP contribution in [0.4, 0.5) is 20.6 Å². The summed E-state index contributed by atoms with van der Waals surface area (Å²) < 4.78 is 51.5. The van der Waals surface area contributed by atoms with Crippen LogP contribution >= 0.6 is 11.6 Å². The molecule has 1 fully saturated rings. The second kappa shape index (κ2) is 24.1. The highest BCUT2D eigenvalue weighted by atomic mass is 35.5. The minimum Gasteiger partial charge on any atom is -0.435 e. The number of carbonyl (C=O) groups is 4. The van der Waals surface area contributed by atoms with Crippen LogP contribution in [0.15, 0.2) is 65.8 Å². The third-order valence-electron chi connectivity index (χ3n) is 10.8. The number of amides is 2. The Morgan fingerprint density at radius 3 is 2.27 bits per heavy atom. The SMILES string of the molecule is CCOC(=O)OC(C)OC(=O)c1ccc(NC(=O)[C@@H]2c3cccc(N4CCN(CCOCCOCCOCCOC)CC4)c3CCN2C(=O)[C@H]2CC(c3cccc(Cl)c3F)=NO2)cc1. The van der Waals surface area contributed by atoms with Crippen molar-refractivity contribution in [3.63, 3.8) is 0 Å². The van der Waals surface area contributed by atoms with Gasteiger partial charge in [-0.05, 0) is 66.9 Å². The zero-order chi connectivity index (χ0) is 45.4. The lowest BCUT2D eigenvalue weighted by atomic mass is 9.89. The second-order valence-corrected chi connectivity index (χ2v) is 15.4. The lowest BCUT2D eigenvalue weighted by Crippen LogP contribution is -2.50. The quantitative estimate of drug-likeness (QED) is 0.0836. The van der Waals surface area contributed by atoms with E-state index in [4.69, 9.17) is 49.6 Å². The number of rotatable bonds is 21. The molecule has 1 unspecified atom stereocenters. The van der Waals surface area contributed by atoms with E-state index < -0.39 is 48.2 Å². The van der Waals surface area contributed by atoms with E-state index in [-0.39, 0.29) is 41.4 Å². The first-order valence-corrected chi connectivity index (χ1v) is 21.7. The molecule has 3 heterocycles. The van der Waals surface area contributed by atoms with Crippen LogP contribution in [0.25, 0.3) is 0 Å². The van der Waals surface area contributed by atoms with Crippen LogP contribution < -0.4 is 10.2 Å². The van der Waals surface area contributed by atoms with Crippen molar-refractivity contribution in [3.8, 4) is 0 Å². The van der Waals surface area contributed by atoms with Gasteiger partial charge >= 0.3 is 12.1 Å². The number of nitrogens with zero attached hydrogens (tertiary/aromatic N) is 4. The van der Waals surface area contributed by atoms with Crippen molar-refractivity contribution in [1.82, 2.24) is 9.80 Å². The van der Waals surface area contributed by atoms with Gasteiger partial charge in [-0.25, -0.2) is 14.0 Å². The lowest BCUT2D eigenvalue weighted by Gasteiger charge is -2.41. The first kappa shape index (κ1) is 48.1. The Balaban J connectivity index is 1.11. The molecule has 346 valence electrons. The minimum absolute atomic E-state index is 0.0247. The van der Waals surface area contributed by atoms with Gasteiger partial charge in [-0.3, -0.25) is 14.5 Å². The maximum Gasteiger partial charge on any atom is 0.511 e. The summed E-state index contributed by atoms with van der Waals surface area (Å²) in [5, 5.41) is 6.89. The number of hydrogen-bond donors (Lipinski definition) is 1. The third kappa shape index (κ3) is 12.9. The van der Waals surface area contributed by atoms with Gasteiger partial charge in [0.1, 0.15) is 6.04 Å². The summed E-state index contributed by atoms with van der Waals surface area (Å²) in [6.45, 7) is 10.9. The van der Waals surface area contributed by atoms with E-state index in [1.54, 1.807) is 20.1 Å². The molecule has 3 aromatic rings. The first-order valence-electron chi connectivity index (χ1n) is 21.3. The van der Waals surface area contributed by atoms with Gasteiger partial charge in [0.15, 0.2) is 5.82 Å². The number of hydrogen-bond acceptors (Lipinski definition) is 15. The molecule has 0 aliphatic carbocycles. The molecule has 6 rings (SSSR count). The first-order chi connectivity index (χ1) is 31.1. The van der Waals surface area contributed by atoms with Crippen LogP contribution in [0, 0.1) is 5.82 Å². The molecule has 0 radical (unpaired) electrons. The Bertz CT molecular complexity index is 2090. The minimum atomic E-state index is -1.21. The lowest BCUT2D eigenvalue weighted by molar-refractivity contribution is -0.148. The second-order valence-electron chi connectivity index (χ2n) is 15.0. The Morgan fingerprint density at radius 1 is 0.875 bits per heavy atom. The molecule has 0 aromatic heterocycles. The molecule has 0 spiro atoms. The number of anilines is 2. The van der Waals surface area contributed by atoms with E-state index in [9.17, 15) is 23.6 Å². The molecule has 3 aliphatic heterocycles. The molecular formula is C45H55ClFN5O12. The highest BCUT2D eigenvalue weighted by Gasteiger charge is 2.42. The number of piperazine rings is 1. The molecular weight excluding hydrogens is 857 g/mol. The van der Waals surface area contributed by atoms with Crippen molar-refractivity contribution in [3.05, 3.63) is 93.8 Å². The van der Waals surface area contributed by atoms with Crippen molar-refractivity contribution >= 4 is 52.6 Å². The van der Waals surface area contributed by atoms with Gasteiger partial charge in [-0.2, -0.15) is 0 Å². The summed E-state index contributed by atoms with van der Waals surface area (Å²) >= 11 is 6.03. The standard InChI is InChI=1S/C45H55ClFN5O12/c1-4-61-45(56)63-30(2)62-44(55)31-11-13-32(14-12-31)48-42(53)41-34-7-6-10-38(51-19-17-50(18-20-51)21-22-58-25-26-60-28-27-59-24-23-57-3)33(34)15-16-52(41)43(54)39-29-37(49-64-39)35-8-5-9-36(46)40(35)47/h5-14,30,39,41H,4,15-29H2,1-3H3,(H,48,53)/t30?,39-,41+/m1/s1. The van der Waals surface area contributed by atoms with E-state index in [1.807, 2.05) is 18.2 Å². The fraction of sp³-hybridized carbons (Fsp3) is 0.489. The fourth-order valence-corrected chi connectivity index (χ4v) is 7.74. The predicted octanol–water partition coefficient (Wildman–Crippen LogP) is 5.23. The Morgan fingerprint density at radius 2 is 1.56 bits per heavy atom. The van der Waals surface area contributed by atoms with E-state index in [0.29, 0.717) is 63.9 Å². The van der Waals surface area contributed by atoms with E-state index in [0.717, 1.165) is 44.0 Å². The molecule has 19 heteroatoms. The van der Waals surface area contributed by atoms with Crippen LogP contribution in [0.2, 0.25) is 5.02 Å². The number of oxime groups is 1. The summed E-state index contributed by atoms with van der Waals surface area (Å²) in [6, 6.07) is 15.2.